The first-order valence-corrected chi connectivity index (χ1v) is 9.08. The van der Waals surface area contributed by atoms with Crippen molar-refractivity contribution in [2.45, 2.75) is 49.0 Å². The van der Waals surface area contributed by atoms with E-state index in [9.17, 15) is 8.42 Å². The van der Waals surface area contributed by atoms with Gasteiger partial charge in [-0.15, -0.1) is 0 Å². The first-order chi connectivity index (χ1) is 9.60. The Hall–Kier alpha value is -0.210. The molecule has 1 unspecified atom stereocenters. The Labute approximate surface area is 120 Å². The molecule has 2 N–H and O–H groups in total. The Bertz CT molecular complexity index is 418. The van der Waals surface area contributed by atoms with Crippen molar-refractivity contribution in [3.8, 4) is 0 Å². The predicted octanol–water partition coefficient (Wildman–Crippen LogP) is -0.00410. The van der Waals surface area contributed by atoms with Crippen molar-refractivity contribution in [2.75, 3.05) is 32.9 Å². The van der Waals surface area contributed by atoms with Crippen LogP contribution in [-0.2, 0) is 19.5 Å². The van der Waals surface area contributed by atoms with Crippen LogP contribution in [0.25, 0.3) is 0 Å². The molecule has 0 aromatic rings. The number of rotatable bonds is 3. The number of morpholine rings is 1. The largest absolute Gasteiger partial charge is 0.380 e. The van der Waals surface area contributed by atoms with Gasteiger partial charge in [0.1, 0.15) is 5.25 Å². The summed E-state index contributed by atoms with van der Waals surface area (Å²) in [7, 11) is -3.23. The summed E-state index contributed by atoms with van der Waals surface area (Å²) in [4.78, 5) is 0. The average Bonchev–Trinajstić information content (AvgIpc) is 2.98. The molecule has 3 fully saturated rings. The Morgan fingerprint density at radius 3 is 2.55 bits per heavy atom. The van der Waals surface area contributed by atoms with E-state index >= 15 is 0 Å². The van der Waals surface area contributed by atoms with E-state index in [2.05, 4.69) is 10.0 Å². The van der Waals surface area contributed by atoms with E-state index in [1.165, 1.54) is 0 Å². The van der Waals surface area contributed by atoms with Crippen molar-refractivity contribution >= 4 is 10.0 Å². The maximum Gasteiger partial charge on any atom is 0.217 e. The number of sulfonamides is 1. The molecule has 1 aliphatic carbocycles. The minimum Gasteiger partial charge on any atom is -0.380 e. The Morgan fingerprint density at radius 2 is 1.95 bits per heavy atom. The third kappa shape index (κ3) is 3.17. The van der Waals surface area contributed by atoms with Crippen molar-refractivity contribution in [1.82, 2.24) is 10.0 Å². The second-order valence-corrected chi connectivity index (χ2v) is 8.12. The SMILES string of the molecule is O=S(=O)(NC1CCC2(CC1)CNCCO2)C1CCOC1. The van der Waals surface area contributed by atoms with E-state index in [1.54, 1.807) is 0 Å². The highest BCUT2D eigenvalue weighted by Crippen LogP contribution is 2.33. The minimum absolute atomic E-state index is 0.0525. The van der Waals surface area contributed by atoms with Gasteiger partial charge in [-0.05, 0) is 32.1 Å². The van der Waals surface area contributed by atoms with Gasteiger partial charge in [0.15, 0.2) is 0 Å². The lowest BCUT2D eigenvalue weighted by molar-refractivity contribution is -0.0903. The van der Waals surface area contributed by atoms with Crippen LogP contribution in [0.3, 0.4) is 0 Å². The fraction of sp³-hybridized carbons (Fsp3) is 1.00. The van der Waals surface area contributed by atoms with Crippen LogP contribution in [0, 0.1) is 0 Å². The maximum atomic E-state index is 12.2. The molecular formula is C13H24N2O4S. The quantitative estimate of drug-likeness (QED) is 0.767. The van der Waals surface area contributed by atoms with E-state index < -0.39 is 10.0 Å². The molecule has 20 heavy (non-hydrogen) atoms. The summed E-state index contributed by atoms with van der Waals surface area (Å²) in [6.45, 7) is 3.45. The summed E-state index contributed by atoms with van der Waals surface area (Å²) < 4.78 is 38.4. The normalized spacial score (nSPS) is 39.2. The second-order valence-electron chi connectivity index (χ2n) is 6.13. The van der Waals surface area contributed by atoms with Gasteiger partial charge in [-0.2, -0.15) is 0 Å². The molecule has 0 radical (unpaired) electrons. The van der Waals surface area contributed by atoms with E-state index in [4.69, 9.17) is 9.47 Å². The zero-order valence-corrected chi connectivity index (χ0v) is 12.6. The van der Waals surface area contributed by atoms with E-state index in [0.717, 1.165) is 45.4 Å². The molecule has 1 saturated carbocycles. The molecular weight excluding hydrogens is 280 g/mol. The number of hydrogen-bond donors (Lipinski definition) is 2. The smallest absolute Gasteiger partial charge is 0.217 e. The monoisotopic (exact) mass is 304 g/mol. The summed E-state index contributed by atoms with van der Waals surface area (Å²) in [5.41, 5.74) is -0.0589. The molecule has 116 valence electrons. The van der Waals surface area contributed by atoms with E-state index in [0.29, 0.717) is 19.6 Å². The number of hydrogen-bond acceptors (Lipinski definition) is 5. The third-order valence-corrected chi connectivity index (χ3v) is 6.60. The van der Waals surface area contributed by atoms with Gasteiger partial charge < -0.3 is 14.8 Å². The van der Waals surface area contributed by atoms with Crippen LogP contribution in [0.1, 0.15) is 32.1 Å². The standard InChI is InChI=1S/C13H24N2O4S/c16-20(17,12-3-7-18-9-12)15-11-1-4-13(5-2-11)10-14-6-8-19-13/h11-12,14-15H,1-10H2. The zero-order valence-electron chi connectivity index (χ0n) is 11.8. The molecule has 6 nitrogen and oxygen atoms in total. The topological polar surface area (TPSA) is 76.7 Å². The second kappa shape index (κ2) is 5.88. The first-order valence-electron chi connectivity index (χ1n) is 7.53. The predicted molar refractivity (Wildman–Crippen MR) is 75.1 cm³/mol. The van der Waals surface area contributed by atoms with Crippen molar-refractivity contribution in [2.24, 2.45) is 0 Å². The van der Waals surface area contributed by atoms with Crippen LogP contribution in [0.2, 0.25) is 0 Å². The Morgan fingerprint density at radius 1 is 1.15 bits per heavy atom. The Balaban J connectivity index is 1.53. The van der Waals surface area contributed by atoms with Crippen molar-refractivity contribution < 1.29 is 17.9 Å². The molecule has 3 aliphatic rings. The summed E-state index contributed by atoms with van der Waals surface area (Å²) in [6, 6.07) is 0.0525. The highest BCUT2D eigenvalue weighted by molar-refractivity contribution is 7.90. The summed E-state index contributed by atoms with van der Waals surface area (Å²) in [6.07, 6.45) is 4.17. The molecule has 1 atom stereocenters. The lowest BCUT2D eigenvalue weighted by Gasteiger charge is -2.43. The molecule has 3 rings (SSSR count). The molecule has 0 bridgehead atoms. The van der Waals surface area contributed by atoms with Crippen molar-refractivity contribution in [3.63, 3.8) is 0 Å². The van der Waals surface area contributed by atoms with Gasteiger partial charge in [0.25, 0.3) is 0 Å². The molecule has 0 aromatic heterocycles. The highest BCUT2D eigenvalue weighted by atomic mass is 32.2. The average molecular weight is 304 g/mol. The number of ether oxygens (including phenoxy) is 2. The molecule has 0 aromatic carbocycles. The first kappa shape index (κ1) is 14.7. The maximum absolute atomic E-state index is 12.2. The fourth-order valence-electron chi connectivity index (χ4n) is 3.38. The van der Waals surface area contributed by atoms with E-state index in [1.807, 2.05) is 0 Å². The Kier molecular flexibility index (Phi) is 4.33. The van der Waals surface area contributed by atoms with Gasteiger partial charge in [0.05, 0.1) is 18.8 Å². The lowest BCUT2D eigenvalue weighted by Crippen LogP contribution is -2.54. The van der Waals surface area contributed by atoms with Gasteiger partial charge in [0.2, 0.25) is 10.0 Å². The molecule has 2 aliphatic heterocycles. The van der Waals surface area contributed by atoms with Crippen LogP contribution in [-0.4, -0.2) is 58.2 Å². The van der Waals surface area contributed by atoms with Crippen LogP contribution < -0.4 is 10.0 Å². The van der Waals surface area contributed by atoms with Crippen LogP contribution in [0.4, 0.5) is 0 Å². The summed E-state index contributed by atoms with van der Waals surface area (Å²) in [5.74, 6) is 0. The van der Waals surface area contributed by atoms with Gasteiger partial charge in [-0.25, -0.2) is 13.1 Å². The van der Waals surface area contributed by atoms with Crippen LogP contribution in [0.5, 0.6) is 0 Å². The van der Waals surface area contributed by atoms with Crippen molar-refractivity contribution in [1.29, 1.82) is 0 Å². The third-order valence-electron chi connectivity index (χ3n) is 4.69. The van der Waals surface area contributed by atoms with Crippen LogP contribution in [0.15, 0.2) is 0 Å². The van der Waals surface area contributed by atoms with Gasteiger partial charge in [-0.3, -0.25) is 0 Å². The van der Waals surface area contributed by atoms with Gasteiger partial charge in [-0.1, -0.05) is 0 Å². The molecule has 2 saturated heterocycles. The lowest BCUT2D eigenvalue weighted by atomic mass is 9.81. The molecule has 7 heteroatoms. The summed E-state index contributed by atoms with van der Waals surface area (Å²) in [5, 5.41) is 3.00. The summed E-state index contributed by atoms with van der Waals surface area (Å²) >= 11 is 0. The highest BCUT2D eigenvalue weighted by Gasteiger charge is 2.39. The fourth-order valence-corrected chi connectivity index (χ4v) is 4.95. The van der Waals surface area contributed by atoms with Crippen LogP contribution >= 0.6 is 0 Å². The molecule has 0 amide bonds. The van der Waals surface area contributed by atoms with Gasteiger partial charge >= 0.3 is 0 Å². The minimum atomic E-state index is -3.23. The number of nitrogens with one attached hydrogen (secondary N) is 2. The molecule has 2 heterocycles. The molecule has 1 spiro atoms. The van der Waals surface area contributed by atoms with Gasteiger partial charge in [0, 0.05) is 25.7 Å². The van der Waals surface area contributed by atoms with Crippen molar-refractivity contribution in [3.05, 3.63) is 0 Å². The van der Waals surface area contributed by atoms with E-state index in [-0.39, 0.29) is 16.9 Å². The zero-order chi connectivity index (χ0) is 14.1.